The van der Waals surface area contributed by atoms with Crippen LogP contribution in [0.1, 0.15) is 10.4 Å². The molecule has 0 fully saturated rings. The normalized spacial score (nSPS) is 10.4. The monoisotopic (exact) mass is 343 g/mol. The van der Waals surface area contributed by atoms with Crippen LogP contribution in [0.5, 0.6) is 0 Å². The molecule has 1 N–H and O–H groups in total. The summed E-state index contributed by atoms with van der Waals surface area (Å²) in [5.74, 6) is -1.35. The van der Waals surface area contributed by atoms with E-state index in [1.54, 1.807) is 18.2 Å². The van der Waals surface area contributed by atoms with E-state index >= 15 is 0 Å². The van der Waals surface area contributed by atoms with Gasteiger partial charge < -0.3 is 5.11 Å². The Hall–Kier alpha value is -1.76. The van der Waals surface area contributed by atoms with Crippen LogP contribution in [0.4, 0.5) is 5.69 Å². The summed E-state index contributed by atoms with van der Waals surface area (Å²) in [5, 5.41) is 20.6. The molecule has 0 aliphatic rings. The summed E-state index contributed by atoms with van der Waals surface area (Å²) >= 11 is 12.9. The molecule has 8 heteroatoms. The van der Waals surface area contributed by atoms with Crippen LogP contribution in [0, 0.1) is 10.1 Å². The predicted molar refractivity (Wildman–Crippen MR) is 80.6 cm³/mol. The highest BCUT2D eigenvalue weighted by atomic mass is 35.5. The zero-order chi connectivity index (χ0) is 15.6. The van der Waals surface area contributed by atoms with Gasteiger partial charge in [-0.15, -0.1) is 0 Å². The molecule has 0 amide bonds. The number of hydrogen-bond donors (Lipinski definition) is 1. The van der Waals surface area contributed by atoms with Gasteiger partial charge in [0.1, 0.15) is 5.56 Å². The summed E-state index contributed by atoms with van der Waals surface area (Å²) in [6.07, 6.45) is 0. The lowest BCUT2D eigenvalue weighted by Gasteiger charge is -2.05. The molecule has 0 radical (unpaired) electrons. The quantitative estimate of drug-likeness (QED) is 0.639. The van der Waals surface area contributed by atoms with Crippen LogP contribution in [0.15, 0.2) is 46.2 Å². The second kappa shape index (κ2) is 6.34. The van der Waals surface area contributed by atoms with Crippen molar-refractivity contribution >= 4 is 46.6 Å². The maximum Gasteiger partial charge on any atom is 0.342 e. The maximum absolute atomic E-state index is 11.1. The van der Waals surface area contributed by atoms with Crippen LogP contribution >= 0.6 is 35.0 Å². The van der Waals surface area contributed by atoms with E-state index in [2.05, 4.69) is 0 Å². The SMILES string of the molecule is O=C(O)c1cc(Sc2ccc(Cl)c(Cl)c2)ccc1[N+](=O)[O-]. The molecule has 21 heavy (non-hydrogen) atoms. The van der Waals surface area contributed by atoms with E-state index < -0.39 is 16.6 Å². The summed E-state index contributed by atoms with van der Waals surface area (Å²) < 4.78 is 0. The average Bonchev–Trinajstić information content (AvgIpc) is 2.42. The molecule has 0 aliphatic heterocycles. The van der Waals surface area contributed by atoms with E-state index in [-0.39, 0.29) is 5.56 Å². The van der Waals surface area contributed by atoms with Gasteiger partial charge in [0.25, 0.3) is 5.69 Å². The first kappa shape index (κ1) is 15.6. The van der Waals surface area contributed by atoms with Crippen molar-refractivity contribution in [3.05, 3.63) is 62.1 Å². The number of carbonyl (C=O) groups is 1. The predicted octanol–water partition coefficient (Wildman–Crippen LogP) is 4.75. The van der Waals surface area contributed by atoms with E-state index in [4.69, 9.17) is 28.3 Å². The van der Waals surface area contributed by atoms with Gasteiger partial charge in [-0.1, -0.05) is 35.0 Å². The second-order valence-electron chi connectivity index (χ2n) is 3.92. The summed E-state index contributed by atoms with van der Waals surface area (Å²) in [4.78, 5) is 22.4. The first-order chi connectivity index (χ1) is 9.88. The van der Waals surface area contributed by atoms with E-state index in [1.807, 2.05) is 0 Å². The Morgan fingerprint density at radius 1 is 1.10 bits per heavy atom. The minimum absolute atomic E-state index is 0.356. The lowest BCUT2D eigenvalue weighted by Crippen LogP contribution is -2.02. The Bertz CT molecular complexity index is 736. The van der Waals surface area contributed by atoms with Crippen LogP contribution < -0.4 is 0 Å². The van der Waals surface area contributed by atoms with E-state index in [1.165, 1.54) is 30.0 Å². The van der Waals surface area contributed by atoms with Gasteiger partial charge in [0.05, 0.1) is 15.0 Å². The Morgan fingerprint density at radius 2 is 1.71 bits per heavy atom. The van der Waals surface area contributed by atoms with E-state index in [9.17, 15) is 14.9 Å². The Labute approximate surface area is 133 Å². The fourth-order valence-electron chi connectivity index (χ4n) is 1.59. The third-order valence-corrected chi connectivity index (χ3v) is 4.24. The Balaban J connectivity index is 2.36. The zero-order valence-corrected chi connectivity index (χ0v) is 12.6. The lowest BCUT2D eigenvalue weighted by atomic mass is 10.2. The molecular formula is C13H7Cl2NO4S. The van der Waals surface area contributed by atoms with Crippen molar-refractivity contribution in [3.63, 3.8) is 0 Å². The van der Waals surface area contributed by atoms with E-state index in [0.29, 0.717) is 14.9 Å². The largest absolute Gasteiger partial charge is 0.477 e. The van der Waals surface area contributed by atoms with Crippen molar-refractivity contribution in [3.8, 4) is 0 Å². The van der Waals surface area contributed by atoms with Crippen molar-refractivity contribution in [2.45, 2.75) is 9.79 Å². The molecule has 0 atom stereocenters. The van der Waals surface area contributed by atoms with Gasteiger partial charge in [0.2, 0.25) is 0 Å². The molecule has 5 nitrogen and oxygen atoms in total. The highest BCUT2D eigenvalue weighted by Gasteiger charge is 2.20. The molecular weight excluding hydrogens is 337 g/mol. The van der Waals surface area contributed by atoms with Gasteiger partial charge in [0.15, 0.2) is 0 Å². The van der Waals surface area contributed by atoms with Crippen molar-refractivity contribution in [1.29, 1.82) is 0 Å². The minimum Gasteiger partial charge on any atom is -0.477 e. The summed E-state index contributed by atoms with van der Waals surface area (Å²) in [6, 6.07) is 8.89. The van der Waals surface area contributed by atoms with E-state index in [0.717, 1.165) is 4.90 Å². The molecule has 0 unspecified atom stereocenters. The fraction of sp³-hybridized carbons (Fsp3) is 0. The molecule has 2 aromatic carbocycles. The Morgan fingerprint density at radius 3 is 2.29 bits per heavy atom. The Kier molecular flexibility index (Phi) is 4.72. The molecule has 0 aromatic heterocycles. The molecule has 0 heterocycles. The van der Waals surface area contributed by atoms with Gasteiger partial charge >= 0.3 is 5.97 Å². The number of aromatic carboxylic acids is 1. The summed E-state index contributed by atoms with van der Waals surface area (Å²) in [7, 11) is 0. The molecule has 0 saturated heterocycles. The minimum atomic E-state index is -1.35. The van der Waals surface area contributed by atoms with Crippen LogP contribution in [0.25, 0.3) is 0 Å². The van der Waals surface area contributed by atoms with Gasteiger partial charge in [-0.3, -0.25) is 10.1 Å². The molecule has 108 valence electrons. The first-order valence-corrected chi connectivity index (χ1v) is 7.10. The highest BCUT2D eigenvalue weighted by molar-refractivity contribution is 7.99. The summed E-state index contributed by atoms with van der Waals surface area (Å²) in [6.45, 7) is 0. The van der Waals surface area contributed by atoms with Gasteiger partial charge in [-0.2, -0.15) is 0 Å². The zero-order valence-electron chi connectivity index (χ0n) is 10.2. The fourth-order valence-corrected chi connectivity index (χ4v) is 2.85. The number of halogens is 2. The number of nitro groups is 1. The molecule has 2 aromatic rings. The van der Waals surface area contributed by atoms with Crippen molar-refractivity contribution in [1.82, 2.24) is 0 Å². The molecule has 2 rings (SSSR count). The number of hydrogen-bond acceptors (Lipinski definition) is 4. The van der Waals surface area contributed by atoms with Gasteiger partial charge in [-0.25, -0.2) is 4.79 Å². The topological polar surface area (TPSA) is 80.4 Å². The molecule has 0 spiro atoms. The first-order valence-electron chi connectivity index (χ1n) is 5.53. The van der Waals surface area contributed by atoms with Crippen molar-refractivity contribution in [2.75, 3.05) is 0 Å². The van der Waals surface area contributed by atoms with Crippen molar-refractivity contribution < 1.29 is 14.8 Å². The average molecular weight is 344 g/mol. The number of nitrogens with zero attached hydrogens (tertiary/aromatic N) is 1. The van der Waals surface area contributed by atoms with Gasteiger partial charge in [0, 0.05) is 15.9 Å². The number of nitro benzene ring substituents is 1. The van der Waals surface area contributed by atoms with Crippen LogP contribution in [0.3, 0.4) is 0 Å². The third kappa shape index (κ3) is 3.66. The van der Waals surface area contributed by atoms with Crippen LogP contribution in [0.2, 0.25) is 10.0 Å². The molecule has 0 aliphatic carbocycles. The van der Waals surface area contributed by atoms with Gasteiger partial charge in [-0.05, 0) is 30.3 Å². The third-order valence-electron chi connectivity index (χ3n) is 2.52. The maximum atomic E-state index is 11.1. The standard InChI is InChI=1S/C13H7Cl2NO4S/c14-10-3-1-8(6-11(10)15)21-7-2-4-12(16(19)20)9(5-7)13(17)18/h1-6H,(H,17,18). The van der Waals surface area contributed by atoms with Crippen LogP contribution in [-0.4, -0.2) is 16.0 Å². The number of rotatable bonds is 4. The van der Waals surface area contributed by atoms with Crippen LogP contribution in [-0.2, 0) is 0 Å². The summed E-state index contributed by atoms with van der Waals surface area (Å²) in [5.41, 5.74) is -0.800. The van der Waals surface area contributed by atoms with Crippen molar-refractivity contribution in [2.24, 2.45) is 0 Å². The number of carboxylic acid groups (broad SMARTS) is 1. The lowest BCUT2D eigenvalue weighted by molar-refractivity contribution is -0.385. The molecule has 0 saturated carbocycles. The number of benzene rings is 2. The smallest absolute Gasteiger partial charge is 0.342 e. The second-order valence-corrected chi connectivity index (χ2v) is 5.88. The highest BCUT2D eigenvalue weighted by Crippen LogP contribution is 2.34. The molecule has 0 bridgehead atoms. The number of carboxylic acids is 1.